The van der Waals surface area contributed by atoms with Crippen molar-refractivity contribution in [2.75, 3.05) is 7.11 Å². The van der Waals surface area contributed by atoms with E-state index < -0.39 is 0 Å². The van der Waals surface area contributed by atoms with Crippen molar-refractivity contribution in [3.63, 3.8) is 0 Å². The average Bonchev–Trinajstić information content (AvgIpc) is 2.57. The van der Waals surface area contributed by atoms with Crippen molar-refractivity contribution < 1.29 is 14.2 Å². The van der Waals surface area contributed by atoms with Gasteiger partial charge in [-0.3, -0.25) is 0 Å². The van der Waals surface area contributed by atoms with Crippen LogP contribution in [0.25, 0.3) is 0 Å². The zero-order valence-corrected chi connectivity index (χ0v) is 16.1. The van der Waals surface area contributed by atoms with Crippen LogP contribution in [0.4, 0.5) is 0 Å². The molecule has 2 aromatic rings. The van der Waals surface area contributed by atoms with Gasteiger partial charge >= 0.3 is 5.24 Å². The molecule has 2 rings (SSSR count). The maximum Gasteiger partial charge on any atom is 0.357 e. The molecule has 128 valence electrons. The van der Waals surface area contributed by atoms with Gasteiger partial charge in [0.1, 0.15) is 18.1 Å². The highest BCUT2D eigenvalue weighted by molar-refractivity contribution is 7.79. The fraction of sp³-hybridized carbons (Fsp3) is 0.316. The number of benzene rings is 2. The lowest BCUT2D eigenvalue weighted by molar-refractivity contribution is 0.287. The fourth-order valence-corrected chi connectivity index (χ4v) is 2.78. The van der Waals surface area contributed by atoms with Gasteiger partial charge in [0.05, 0.1) is 7.11 Å². The number of aryl methyl sites for hydroxylation is 3. The lowest BCUT2D eigenvalue weighted by atomic mass is 10.1. The van der Waals surface area contributed by atoms with Crippen molar-refractivity contribution in [1.29, 1.82) is 0 Å². The molecule has 3 nitrogen and oxygen atoms in total. The Balaban J connectivity index is 2.28. The summed E-state index contributed by atoms with van der Waals surface area (Å²) in [6, 6.07) is 9.96. The second-order valence-electron chi connectivity index (χ2n) is 5.60. The number of thiocarbonyl (C=S) groups is 1. The first-order valence-corrected chi connectivity index (χ1v) is 8.68. The van der Waals surface area contributed by atoms with E-state index in [9.17, 15) is 0 Å². The Morgan fingerprint density at radius 1 is 1.04 bits per heavy atom. The molecule has 2 aromatic carbocycles. The topological polar surface area (TPSA) is 27.7 Å². The molecule has 0 saturated heterocycles. The van der Waals surface area contributed by atoms with Gasteiger partial charge in [0, 0.05) is 23.5 Å². The van der Waals surface area contributed by atoms with E-state index in [0.717, 1.165) is 22.4 Å². The standard InChI is InChI=1S/C19H22O3S2/c1-12-8-14(3)18(9-13(12)2)21-10-16-15(11-23)6-5-7-17(16)22-19(24)20-4/h5-9,23H,10-11H2,1-4H3. The van der Waals surface area contributed by atoms with Gasteiger partial charge < -0.3 is 14.2 Å². The van der Waals surface area contributed by atoms with E-state index in [1.807, 2.05) is 25.1 Å². The van der Waals surface area contributed by atoms with Crippen LogP contribution in [-0.2, 0) is 17.1 Å². The summed E-state index contributed by atoms with van der Waals surface area (Å²) in [6.45, 7) is 6.60. The zero-order valence-electron chi connectivity index (χ0n) is 14.4. The molecule has 0 atom stereocenters. The number of rotatable bonds is 5. The molecule has 0 amide bonds. The number of hydrogen-bond donors (Lipinski definition) is 1. The Bertz CT molecular complexity index is 742. The summed E-state index contributed by atoms with van der Waals surface area (Å²) in [7, 11) is 1.49. The minimum atomic E-state index is 0.0786. The van der Waals surface area contributed by atoms with Crippen molar-refractivity contribution in [1.82, 2.24) is 0 Å². The molecule has 0 spiro atoms. The summed E-state index contributed by atoms with van der Waals surface area (Å²) in [4.78, 5) is 0. The third kappa shape index (κ3) is 4.42. The van der Waals surface area contributed by atoms with Crippen molar-refractivity contribution in [3.05, 3.63) is 58.1 Å². The molecule has 0 heterocycles. The maximum atomic E-state index is 6.06. The smallest absolute Gasteiger partial charge is 0.357 e. The normalized spacial score (nSPS) is 10.4. The molecule has 0 radical (unpaired) electrons. The Morgan fingerprint density at radius 3 is 2.42 bits per heavy atom. The predicted octanol–water partition coefficient (Wildman–Crippen LogP) is 4.93. The van der Waals surface area contributed by atoms with Crippen LogP contribution in [-0.4, -0.2) is 12.3 Å². The lowest BCUT2D eigenvalue weighted by Gasteiger charge is -2.16. The first kappa shape index (κ1) is 18.6. The molecule has 0 unspecified atom stereocenters. The van der Waals surface area contributed by atoms with E-state index in [0.29, 0.717) is 18.1 Å². The van der Waals surface area contributed by atoms with Crippen molar-refractivity contribution >= 4 is 30.1 Å². The Kier molecular flexibility index (Phi) is 6.52. The van der Waals surface area contributed by atoms with Crippen LogP contribution in [0, 0.1) is 20.8 Å². The summed E-state index contributed by atoms with van der Waals surface area (Å²) in [6.07, 6.45) is 0. The van der Waals surface area contributed by atoms with E-state index >= 15 is 0 Å². The largest absolute Gasteiger partial charge is 0.488 e. The summed E-state index contributed by atoms with van der Waals surface area (Å²) in [5, 5.41) is 0.0786. The first-order chi connectivity index (χ1) is 11.5. The third-order valence-electron chi connectivity index (χ3n) is 3.92. The van der Waals surface area contributed by atoms with E-state index in [1.165, 1.54) is 18.2 Å². The molecule has 0 aliphatic rings. The molecular formula is C19H22O3S2. The fourth-order valence-electron chi connectivity index (χ4n) is 2.39. The van der Waals surface area contributed by atoms with Gasteiger partial charge in [-0.2, -0.15) is 12.6 Å². The monoisotopic (exact) mass is 362 g/mol. The highest BCUT2D eigenvalue weighted by atomic mass is 32.1. The Morgan fingerprint density at radius 2 is 1.75 bits per heavy atom. The van der Waals surface area contributed by atoms with Crippen LogP contribution in [0.2, 0.25) is 0 Å². The molecule has 0 aliphatic heterocycles. The molecule has 24 heavy (non-hydrogen) atoms. The van der Waals surface area contributed by atoms with Crippen molar-refractivity contribution in [3.8, 4) is 11.5 Å². The van der Waals surface area contributed by atoms with Crippen molar-refractivity contribution in [2.24, 2.45) is 0 Å². The van der Waals surface area contributed by atoms with Crippen LogP contribution in [0.5, 0.6) is 11.5 Å². The van der Waals surface area contributed by atoms with Crippen molar-refractivity contribution in [2.45, 2.75) is 33.1 Å². The number of ether oxygens (including phenoxy) is 3. The molecule has 0 bridgehead atoms. The van der Waals surface area contributed by atoms with Gasteiger partial charge in [-0.1, -0.05) is 18.2 Å². The van der Waals surface area contributed by atoms with Gasteiger partial charge in [-0.25, -0.2) is 0 Å². The highest BCUT2D eigenvalue weighted by Crippen LogP contribution is 2.28. The SMILES string of the molecule is COC(=S)Oc1cccc(CS)c1COc1cc(C)c(C)cc1C. The van der Waals surface area contributed by atoms with Gasteiger partial charge in [-0.15, -0.1) is 0 Å². The maximum absolute atomic E-state index is 6.06. The summed E-state index contributed by atoms with van der Waals surface area (Å²) < 4.78 is 16.6. The number of methoxy groups -OCH3 is 1. The van der Waals surface area contributed by atoms with Crippen LogP contribution >= 0.6 is 24.8 Å². The van der Waals surface area contributed by atoms with Gasteiger partial charge in [-0.05, 0) is 55.2 Å². The second kappa shape index (κ2) is 8.40. The number of hydrogen-bond acceptors (Lipinski definition) is 5. The molecule has 0 saturated carbocycles. The first-order valence-electron chi connectivity index (χ1n) is 7.64. The zero-order chi connectivity index (χ0) is 17.7. The Hall–Kier alpha value is -1.72. The summed E-state index contributed by atoms with van der Waals surface area (Å²) in [5.74, 6) is 2.09. The van der Waals surface area contributed by atoms with Crippen LogP contribution < -0.4 is 9.47 Å². The molecular weight excluding hydrogens is 340 g/mol. The molecule has 0 aliphatic carbocycles. The Labute approximate surface area is 154 Å². The minimum Gasteiger partial charge on any atom is -0.488 e. The highest BCUT2D eigenvalue weighted by Gasteiger charge is 2.13. The second-order valence-corrected chi connectivity index (χ2v) is 6.25. The van der Waals surface area contributed by atoms with E-state index in [2.05, 4.69) is 38.6 Å². The van der Waals surface area contributed by atoms with E-state index in [-0.39, 0.29) is 5.24 Å². The quantitative estimate of drug-likeness (QED) is 0.603. The summed E-state index contributed by atoms with van der Waals surface area (Å²) in [5.41, 5.74) is 5.53. The van der Waals surface area contributed by atoms with Crippen LogP contribution in [0.15, 0.2) is 30.3 Å². The van der Waals surface area contributed by atoms with Crippen LogP contribution in [0.3, 0.4) is 0 Å². The van der Waals surface area contributed by atoms with Gasteiger partial charge in [0.25, 0.3) is 0 Å². The van der Waals surface area contributed by atoms with E-state index in [4.69, 9.17) is 26.4 Å². The molecule has 0 N–H and O–H groups in total. The molecule has 0 fully saturated rings. The average molecular weight is 363 g/mol. The van der Waals surface area contributed by atoms with Gasteiger partial charge in [0.2, 0.25) is 0 Å². The van der Waals surface area contributed by atoms with Gasteiger partial charge in [0.15, 0.2) is 0 Å². The predicted molar refractivity (Wildman–Crippen MR) is 104 cm³/mol. The number of thiol groups is 1. The van der Waals surface area contributed by atoms with Crippen LogP contribution in [0.1, 0.15) is 27.8 Å². The lowest BCUT2D eigenvalue weighted by Crippen LogP contribution is -2.11. The van der Waals surface area contributed by atoms with E-state index in [1.54, 1.807) is 0 Å². The molecule has 0 aromatic heterocycles. The minimum absolute atomic E-state index is 0.0786. The molecule has 5 heteroatoms. The third-order valence-corrected chi connectivity index (χ3v) is 4.51. The summed E-state index contributed by atoms with van der Waals surface area (Å²) >= 11 is 9.40.